The maximum Gasteiger partial charge on any atom is 0.225 e. The Hall–Kier alpha value is -1.10. The number of rotatable bonds is 5. The predicted molar refractivity (Wildman–Crippen MR) is 84.6 cm³/mol. The molecule has 0 aromatic rings. The average Bonchev–Trinajstić information content (AvgIpc) is 2.45. The summed E-state index contributed by atoms with van der Waals surface area (Å²) in [5.41, 5.74) is 5.67. The highest BCUT2D eigenvalue weighted by molar-refractivity contribution is 5.80. The molecule has 1 rings (SSSR count). The molecule has 0 atom stereocenters. The molecule has 1 aliphatic rings. The minimum absolute atomic E-state index is 0.0327. The molecule has 0 spiro atoms. The van der Waals surface area contributed by atoms with Gasteiger partial charge in [0.2, 0.25) is 11.8 Å². The van der Waals surface area contributed by atoms with Crippen molar-refractivity contribution < 1.29 is 9.59 Å². The maximum absolute atomic E-state index is 12.5. The van der Waals surface area contributed by atoms with E-state index in [-0.39, 0.29) is 29.1 Å². The van der Waals surface area contributed by atoms with Crippen molar-refractivity contribution in [2.45, 2.75) is 40.5 Å². The lowest BCUT2D eigenvalue weighted by Gasteiger charge is -2.36. The van der Waals surface area contributed by atoms with Gasteiger partial charge in [-0.3, -0.25) is 9.59 Å². The number of hydrogen-bond donors (Lipinski definition) is 1. The summed E-state index contributed by atoms with van der Waals surface area (Å²) in [4.78, 5) is 28.1. The molecule has 21 heavy (non-hydrogen) atoms. The molecule has 0 aromatic heterocycles. The number of carbonyl (C=O) groups is 2. The van der Waals surface area contributed by atoms with Crippen LogP contribution < -0.4 is 5.73 Å². The number of amides is 2. The fourth-order valence-corrected chi connectivity index (χ4v) is 2.81. The molecule has 0 aromatic carbocycles. The van der Waals surface area contributed by atoms with E-state index in [1.165, 1.54) is 0 Å². The Morgan fingerprint density at radius 3 is 2.24 bits per heavy atom. The highest BCUT2D eigenvalue weighted by Gasteiger charge is 2.31. The molecule has 5 nitrogen and oxygen atoms in total. The summed E-state index contributed by atoms with van der Waals surface area (Å²) in [6, 6.07) is 0. The van der Waals surface area contributed by atoms with Crippen LogP contribution in [-0.2, 0) is 9.59 Å². The van der Waals surface area contributed by atoms with Crippen LogP contribution in [0.25, 0.3) is 0 Å². The molecule has 122 valence electrons. The van der Waals surface area contributed by atoms with Crippen LogP contribution in [0.15, 0.2) is 0 Å². The van der Waals surface area contributed by atoms with Crippen LogP contribution in [0.4, 0.5) is 0 Å². The van der Waals surface area contributed by atoms with Gasteiger partial charge in [-0.15, -0.1) is 0 Å². The summed E-state index contributed by atoms with van der Waals surface area (Å²) in [6.45, 7) is 10.6. The van der Waals surface area contributed by atoms with Crippen molar-refractivity contribution in [3.05, 3.63) is 0 Å². The number of nitrogens with zero attached hydrogens (tertiary/aromatic N) is 2. The normalized spacial score (nSPS) is 17.2. The lowest BCUT2D eigenvalue weighted by atomic mass is 9.91. The van der Waals surface area contributed by atoms with E-state index < -0.39 is 0 Å². The molecule has 0 unspecified atom stereocenters. The molecule has 1 fully saturated rings. The first-order valence-corrected chi connectivity index (χ1v) is 7.92. The van der Waals surface area contributed by atoms with Crippen molar-refractivity contribution in [1.29, 1.82) is 0 Å². The van der Waals surface area contributed by atoms with Crippen molar-refractivity contribution in [3.63, 3.8) is 0 Å². The number of piperidine rings is 1. The maximum atomic E-state index is 12.5. The lowest BCUT2D eigenvalue weighted by molar-refractivity contribution is -0.142. The summed E-state index contributed by atoms with van der Waals surface area (Å²) in [7, 11) is 1.85. The van der Waals surface area contributed by atoms with E-state index in [9.17, 15) is 9.59 Å². The molecule has 0 radical (unpaired) electrons. The second-order valence-corrected chi connectivity index (χ2v) is 7.32. The Bertz CT molecular complexity index is 372. The molecule has 0 aliphatic carbocycles. The van der Waals surface area contributed by atoms with Crippen LogP contribution in [0, 0.1) is 17.3 Å². The molecule has 1 heterocycles. The smallest absolute Gasteiger partial charge is 0.225 e. The molecular weight excluding hydrogens is 266 g/mol. The Balaban J connectivity index is 2.50. The van der Waals surface area contributed by atoms with Gasteiger partial charge in [0.25, 0.3) is 0 Å². The largest absolute Gasteiger partial charge is 0.345 e. The quantitative estimate of drug-likeness (QED) is 0.832. The van der Waals surface area contributed by atoms with Crippen LogP contribution >= 0.6 is 0 Å². The molecule has 1 saturated heterocycles. The van der Waals surface area contributed by atoms with Gasteiger partial charge in [0, 0.05) is 38.5 Å². The Labute approximate surface area is 128 Å². The lowest BCUT2D eigenvalue weighted by Crippen LogP contribution is -2.47. The second-order valence-electron chi connectivity index (χ2n) is 7.32. The molecular formula is C16H31N3O2. The first-order chi connectivity index (χ1) is 9.68. The SMILES string of the molecule is CC(C)C(=O)N1CCC(C(=O)N(C)CC(C)(C)CN)CC1. The zero-order chi connectivity index (χ0) is 16.2. The molecule has 0 saturated carbocycles. The third-order valence-electron chi connectivity index (χ3n) is 4.24. The van der Waals surface area contributed by atoms with Gasteiger partial charge in [-0.1, -0.05) is 27.7 Å². The fraction of sp³-hybridized carbons (Fsp3) is 0.875. The third kappa shape index (κ3) is 4.99. The van der Waals surface area contributed by atoms with Gasteiger partial charge in [-0.25, -0.2) is 0 Å². The third-order valence-corrected chi connectivity index (χ3v) is 4.24. The van der Waals surface area contributed by atoms with E-state index in [1.807, 2.05) is 25.8 Å². The first kappa shape index (κ1) is 18.0. The molecule has 5 heteroatoms. The molecule has 1 aliphatic heterocycles. The standard InChI is InChI=1S/C16H31N3O2/c1-12(2)14(20)19-8-6-13(7-9-19)15(21)18(5)11-16(3,4)10-17/h12-13H,6-11,17H2,1-5H3. The average molecular weight is 297 g/mol. The van der Waals surface area contributed by atoms with Crippen molar-refractivity contribution >= 4 is 11.8 Å². The van der Waals surface area contributed by atoms with Crippen LogP contribution in [0.3, 0.4) is 0 Å². The Morgan fingerprint density at radius 1 is 1.29 bits per heavy atom. The summed E-state index contributed by atoms with van der Waals surface area (Å²) in [5, 5.41) is 0. The van der Waals surface area contributed by atoms with Crippen LogP contribution in [0.1, 0.15) is 40.5 Å². The van der Waals surface area contributed by atoms with Gasteiger partial charge in [0.15, 0.2) is 0 Å². The van der Waals surface area contributed by atoms with Crippen LogP contribution in [0.5, 0.6) is 0 Å². The minimum atomic E-state index is -0.0568. The van der Waals surface area contributed by atoms with Crippen molar-refractivity contribution in [1.82, 2.24) is 9.80 Å². The summed E-state index contributed by atoms with van der Waals surface area (Å²) < 4.78 is 0. The fourth-order valence-electron chi connectivity index (χ4n) is 2.81. The Kier molecular flexibility index (Phi) is 6.20. The van der Waals surface area contributed by atoms with Gasteiger partial charge in [0.1, 0.15) is 0 Å². The van der Waals surface area contributed by atoms with Gasteiger partial charge in [-0.2, -0.15) is 0 Å². The Morgan fingerprint density at radius 2 is 1.81 bits per heavy atom. The van der Waals surface area contributed by atoms with Crippen LogP contribution in [-0.4, -0.2) is 54.8 Å². The topological polar surface area (TPSA) is 66.6 Å². The zero-order valence-electron chi connectivity index (χ0n) is 14.2. The molecule has 0 bridgehead atoms. The summed E-state index contributed by atoms with van der Waals surface area (Å²) in [5.74, 6) is 0.455. The summed E-state index contributed by atoms with van der Waals surface area (Å²) >= 11 is 0. The molecule has 2 N–H and O–H groups in total. The minimum Gasteiger partial charge on any atom is -0.345 e. The van der Waals surface area contributed by atoms with E-state index in [0.717, 1.165) is 12.8 Å². The number of likely N-dealkylation sites (tertiary alicyclic amines) is 1. The highest BCUT2D eigenvalue weighted by atomic mass is 16.2. The van der Waals surface area contributed by atoms with E-state index in [4.69, 9.17) is 5.73 Å². The number of nitrogens with two attached hydrogens (primary N) is 1. The van der Waals surface area contributed by atoms with E-state index in [2.05, 4.69) is 13.8 Å². The molecule has 2 amide bonds. The monoisotopic (exact) mass is 297 g/mol. The van der Waals surface area contributed by atoms with Crippen molar-refractivity contribution in [2.75, 3.05) is 33.2 Å². The highest BCUT2D eigenvalue weighted by Crippen LogP contribution is 2.22. The van der Waals surface area contributed by atoms with E-state index in [0.29, 0.717) is 26.2 Å². The van der Waals surface area contributed by atoms with Gasteiger partial charge in [-0.05, 0) is 24.8 Å². The van der Waals surface area contributed by atoms with Gasteiger partial charge in [0.05, 0.1) is 0 Å². The summed E-state index contributed by atoms with van der Waals surface area (Å²) in [6.07, 6.45) is 1.54. The van der Waals surface area contributed by atoms with E-state index in [1.54, 1.807) is 4.90 Å². The zero-order valence-corrected chi connectivity index (χ0v) is 14.2. The van der Waals surface area contributed by atoms with Crippen molar-refractivity contribution in [2.24, 2.45) is 23.0 Å². The van der Waals surface area contributed by atoms with Crippen molar-refractivity contribution in [3.8, 4) is 0 Å². The number of carbonyl (C=O) groups excluding carboxylic acids is 2. The second kappa shape index (κ2) is 7.25. The van der Waals surface area contributed by atoms with Gasteiger partial charge >= 0.3 is 0 Å². The first-order valence-electron chi connectivity index (χ1n) is 7.92. The predicted octanol–water partition coefficient (Wildman–Crippen LogP) is 1.32. The number of hydrogen-bond acceptors (Lipinski definition) is 3. The van der Waals surface area contributed by atoms with Gasteiger partial charge < -0.3 is 15.5 Å². The van der Waals surface area contributed by atoms with E-state index >= 15 is 0 Å². The van der Waals surface area contributed by atoms with Crippen LogP contribution in [0.2, 0.25) is 0 Å².